The standard InChI is InChI=1S/C7H4N5O2/c8-4-5-3-6(12(13)14)1-2-7(5)10-11-9/h1-3,10H/q+1. The van der Waals surface area contributed by atoms with Crippen LogP contribution in [0.2, 0.25) is 0 Å². The van der Waals surface area contributed by atoms with Crippen molar-refractivity contribution >= 4 is 11.4 Å². The molecule has 1 rings (SSSR count). The van der Waals surface area contributed by atoms with Crippen LogP contribution >= 0.6 is 0 Å². The van der Waals surface area contributed by atoms with Crippen molar-refractivity contribution in [2.45, 2.75) is 0 Å². The largest absolute Gasteiger partial charge is 0.308 e. The maximum Gasteiger partial charge on any atom is 0.308 e. The minimum Gasteiger partial charge on any atom is -0.258 e. The van der Waals surface area contributed by atoms with E-state index in [4.69, 9.17) is 10.7 Å². The van der Waals surface area contributed by atoms with Crippen LogP contribution < -0.4 is 5.43 Å². The van der Waals surface area contributed by atoms with Crippen molar-refractivity contribution in [3.8, 4) is 6.07 Å². The van der Waals surface area contributed by atoms with E-state index in [0.29, 0.717) is 0 Å². The Hall–Kier alpha value is -2.67. The molecule has 14 heavy (non-hydrogen) atoms. The molecular weight excluding hydrogens is 186 g/mol. The van der Waals surface area contributed by atoms with Crippen molar-refractivity contribution in [2.24, 2.45) is 0 Å². The van der Waals surface area contributed by atoms with Crippen molar-refractivity contribution in [1.82, 2.24) is 0 Å². The van der Waals surface area contributed by atoms with Gasteiger partial charge in [-0.15, -0.1) is 0 Å². The fourth-order valence-electron chi connectivity index (χ4n) is 0.890. The Morgan fingerprint density at radius 2 is 2.29 bits per heavy atom. The molecule has 7 nitrogen and oxygen atoms in total. The monoisotopic (exact) mass is 190 g/mol. The normalized spacial score (nSPS) is 8.43. The van der Waals surface area contributed by atoms with Crippen LogP contribution in [0.5, 0.6) is 0 Å². The average molecular weight is 190 g/mol. The van der Waals surface area contributed by atoms with Gasteiger partial charge in [-0.25, -0.2) is 0 Å². The van der Waals surface area contributed by atoms with E-state index in [0.717, 1.165) is 6.07 Å². The zero-order chi connectivity index (χ0) is 10.6. The van der Waals surface area contributed by atoms with E-state index in [-0.39, 0.29) is 16.9 Å². The Labute approximate surface area is 78.3 Å². The quantitative estimate of drug-likeness (QED) is 0.433. The number of hydrogen-bond donors (Lipinski definition) is 1. The Morgan fingerprint density at radius 3 is 2.79 bits per heavy atom. The predicted molar refractivity (Wildman–Crippen MR) is 46.5 cm³/mol. The lowest BCUT2D eigenvalue weighted by molar-refractivity contribution is -0.384. The molecule has 0 bridgehead atoms. The van der Waals surface area contributed by atoms with Gasteiger partial charge in [0.25, 0.3) is 11.1 Å². The number of rotatable bonds is 2. The van der Waals surface area contributed by atoms with Crippen LogP contribution in [0.15, 0.2) is 18.2 Å². The van der Waals surface area contributed by atoms with Crippen molar-refractivity contribution in [2.75, 3.05) is 5.43 Å². The van der Waals surface area contributed by atoms with Crippen molar-refractivity contribution in [1.29, 1.82) is 10.7 Å². The lowest BCUT2D eigenvalue weighted by atomic mass is 10.2. The molecule has 0 amide bonds. The van der Waals surface area contributed by atoms with Gasteiger partial charge in [0.1, 0.15) is 11.8 Å². The molecule has 7 heteroatoms. The van der Waals surface area contributed by atoms with Crippen LogP contribution in [0.3, 0.4) is 0 Å². The first-order valence-electron chi connectivity index (χ1n) is 3.47. The Balaban J connectivity index is 3.21. The van der Waals surface area contributed by atoms with Gasteiger partial charge in [-0.2, -0.15) is 5.26 Å². The minimum absolute atomic E-state index is 0.0389. The van der Waals surface area contributed by atoms with Gasteiger partial charge in [0.05, 0.1) is 10.5 Å². The summed E-state index contributed by atoms with van der Waals surface area (Å²) in [6, 6.07) is 5.32. The lowest BCUT2D eigenvalue weighted by Gasteiger charge is -1.94. The first kappa shape index (κ1) is 9.42. The highest BCUT2D eigenvalue weighted by Gasteiger charge is 2.12. The van der Waals surface area contributed by atoms with Crippen molar-refractivity contribution in [3.05, 3.63) is 39.0 Å². The summed E-state index contributed by atoms with van der Waals surface area (Å²) in [5.41, 5.74) is 2.19. The smallest absolute Gasteiger partial charge is 0.258 e. The van der Waals surface area contributed by atoms with Gasteiger partial charge < -0.3 is 0 Å². The molecule has 0 unspecified atom stereocenters. The van der Waals surface area contributed by atoms with Gasteiger partial charge in [0.15, 0.2) is 0 Å². The van der Waals surface area contributed by atoms with Crippen LogP contribution in [-0.2, 0) is 0 Å². The molecular formula is C7H4N5O2+. The van der Waals surface area contributed by atoms with E-state index in [1.807, 2.05) is 0 Å². The molecule has 1 aromatic rings. The molecule has 0 aromatic heterocycles. The summed E-state index contributed by atoms with van der Waals surface area (Å²) < 4.78 is 0. The third-order valence-electron chi connectivity index (χ3n) is 1.50. The molecule has 0 saturated carbocycles. The lowest BCUT2D eigenvalue weighted by Crippen LogP contribution is -1.93. The molecule has 0 aliphatic carbocycles. The van der Waals surface area contributed by atoms with E-state index in [9.17, 15) is 10.1 Å². The van der Waals surface area contributed by atoms with Crippen LogP contribution in [0, 0.1) is 26.8 Å². The molecule has 0 radical (unpaired) electrons. The third-order valence-corrected chi connectivity index (χ3v) is 1.50. The average Bonchev–Trinajstić information content (AvgIpc) is 2.18. The fourth-order valence-corrected chi connectivity index (χ4v) is 0.890. The summed E-state index contributed by atoms with van der Waals surface area (Å²) in [5, 5.41) is 29.8. The number of hydrogen-bond acceptors (Lipinski definition) is 5. The molecule has 0 atom stereocenters. The van der Waals surface area contributed by atoms with Crippen LogP contribution in [0.25, 0.3) is 5.08 Å². The number of nitriles is 1. The molecule has 0 fully saturated rings. The molecule has 0 heterocycles. The Kier molecular flexibility index (Phi) is 2.57. The third kappa shape index (κ3) is 1.73. The van der Waals surface area contributed by atoms with Gasteiger partial charge >= 0.3 is 5.08 Å². The second kappa shape index (κ2) is 3.83. The summed E-state index contributed by atoms with van der Waals surface area (Å²) in [7, 11) is 0. The van der Waals surface area contributed by atoms with Crippen LogP contribution in [-0.4, -0.2) is 4.92 Å². The molecule has 1 aromatic carbocycles. The molecule has 68 valence electrons. The number of benzene rings is 1. The number of non-ortho nitro benzene ring substituents is 1. The minimum atomic E-state index is -0.610. The van der Waals surface area contributed by atoms with Crippen molar-refractivity contribution in [3.63, 3.8) is 0 Å². The second-order valence-electron chi connectivity index (χ2n) is 2.31. The molecule has 0 spiro atoms. The highest BCUT2D eigenvalue weighted by Crippen LogP contribution is 2.21. The first-order valence-corrected chi connectivity index (χ1v) is 3.47. The van der Waals surface area contributed by atoms with Gasteiger partial charge in [0.2, 0.25) is 0 Å². The van der Waals surface area contributed by atoms with E-state index in [1.54, 1.807) is 6.07 Å². The second-order valence-corrected chi connectivity index (χ2v) is 2.31. The summed E-state index contributed by atoms with van der Waals surface area (Å²) in [6.07, 6.45) is 0. The first-order chi connectivity index (χ1) is 6.69. The predicted octanol–water partition coefficient (Wildman–Crippen LogP) is 1.65. The van der Waals surface area contributed by atoms with E-state index in [1.165, 1.54) is 12.1 Å². The van der Waals surface area contributed by atoms with E-state index < -0.39 is 4.92 Å². The van der Waals surface area contributed by atoms with Gasteiger partial charge in [-0.3, -0.25) is 10.1 Å². The van der Waals surface area contributed by atoms with Crippen molar-refractivity contribution < 1.29 is 4.92 Å². The van der Waals surface area contributed by atoms with E-state index >= 15 is 0 Å². The Bertz CT molecular complexity index is 456. The number of diazo groups is 1. The van der Waals surface area contributed by atoms with Gasteiger partial charge in [-0.05, 0) is 11.5 Å². The maximum absolute atomic E-state index is 10.3. The number of nitro groups is 1. The van der Waals surface area contributed by atoms with Crippen LogP contribution in [0.4, 0.5) is 11.4 Å². The number of nitrogens with zero attached hydrogens (tertiary/aromatic N) is 4. The number of anilines is 1. The van der Waals surface area contributed by atoms with Gasteiger partial charge in [-0.1, -0.05) is 0 Å². The zero-order valence-electron chi connectivity index (χ0n) is 6.84. The Morgan fingerprint density at radius 1 is 1.57 bits per heavy atom. The summed E-state index contributed by atoms with van der Waals surface area (Å²) in [6.45, 7) is 0. The molecule has 0 saturated heterocycles. The molecule has 0 aliphatic rings. The number of nitrogens with one attached hydrogen (secondary N) is 1. The summed E-state index contributed by atoms with van der Waals surface area (Å²) in [5.74, 6) is 0. The summed E-state index contributed by atoms with van der Waals surface area (Å²) in [4.78, 5) is 9.73. The topological polar surface area (TPSA) is 107 Å². The zero-order valence-corrected chi connectivity index (χ0v) is 6.84. The highest BCUT2D eigenvalue weighted by atomic mass is 16.6. The SMILES string of the molecule is N#Cc1cc([N+](=O)[O-])ccc1N[N+]#N. The van der Waals surface area contributed by atoms with E-state index in [2.05, 4.69) is 10.5 Å². The summed E-state index contributed by atoms with van der Waals surface area (Å²) >= 11 is 0. The maximum atomic E-state index is 10.3. The highest BCUT2D eigenvalue weighted by molar-refractivity contribution is 5.61. The molecule has 0 aliphatic heterocycles. The molecule has 1 N–H and O–H groups in total. The van der Waals surface area contributed by atoms with Gasteiger partial charge in [0, 0.05) is 12.1 Å². The van der Waals surface area contributed by atoms with Crippen LogP contribution in [0.1, 0.15) is 5.56 Å². The number of nitro benzene ring substituents is 1. The fraction of sp³-hybridized carbons (Fsp3) is 0.